The highest BCUT2D eigenvalue weighted by Crippen LogP contribution is 2.19. The van der Waals surface area contributed by atoms with Crippen molar-refractivity contribution >= 4 is 10.0 Å². The van der Waals surface area contributed by atoms with Crippen molar-refractivity contribution in [3.63, 3.8) is 0 Å². The molecule has 0 aromatic heterocycles. The van der Waals surface area contributed by atoms with E-state index in [1.165, 1.54) is 12.1 Å². The minimum absolute atomic E-state index is 0.0538. The van der Waals surface area contributed by atoms with Gasteiger partial charge in [0.05, 0.1) is 10.5 Å². The first kappa shape index (κ1) is 15.0. The van der Waals surface area contributed by atoms with E-state index in [2.05, 4.69) is 10.0 Å². The molecule has 2 rings (SSSR count). The molecule has 0 bridgehead atoms. The van der Waals surface area contributed by atoms with E-state index in [1.54, 1.807) is 12.1 Å². The molecule has 108 valence electrons. The number of hydrogen-bond donors (Lipinski definition) is 2. The first-order chi connectivity index (χ1) is 9.54. The molecule has 0 aliphatic carbocycles. The number of benzene rings is 1. The first-order valence-corrected chi connectivity index (χ1v) is 8.25. The summed E-state index contributed by atoms with van der Waals surface area (Å²) in [5, 5.41) is 12.3. The third-order valence-corrected chi connectivity index (χ3v) is 5.30. The molecule has 1 aliphatic heterocycles. The summed E-state index contributed by atoms with van der Waals surface area (Å²) >= 11 is 0. The van der Waals surface area contributed by atoms with Crippen molar-refractivity contribution in [2.45, 2.75) is 30.7 Å². The largest absolute Gasteiger partial charge is 0.316 e. The minimum atomic E-state index is -3.65. The molecular formula is C14H19N3O2S. The molecular weight excluding hydrogens is 274 g/mol. The standard InChI is InChI=1S/C14H19N3O2S/c1-11(13-6-4-8-16-10-13)17-20(18,19)14-7-3-2-5-12(14)9-15/h2-3,5,7,11,13,16-17H,4,6,8,10H2,1H3. The quantitative estimate of drug-likeness (QED) is 0.874. The lowest BCUT2D eigenvalue weighted by Gasteiger charge is -2.28. The zero-order valence-electron chi connectivity index (χ0n) is 11.5. The smallest absolute Gasteiger partial charge is 0.242 e. The highest BCUT2D eigenvalue weighted by molar-refractivity contribution is 7.89. The molecule has 1 heterocycles. The van der Waals surface area contributed by atoms with Crippen molar-refractivity contribution in [2.24, 2.45) is 5.92 Å². The van der Waals surface area contributed by atoms with Crippen molar-refractivity contribution in [1.29, 1.82) is 5.26 Å². The van der Waals surface area contributed by atoms with E-state index < -0.39 is 10.0 Å². The molecule has 1 aromatic rings. The summed E-state index contributed by atoms with van der Waals surface area (Å²) in [7, 11) is -3.65. The summed E-state index contributed by atoms with van der Waals surface area (Å²) in [5.74, 6) is 0.285. The van der Waals surface area contributed by atoms with Crippen LogP contribution in [0, 0.1) is 17.2 Å². The van der Waals surface area contributed by atoms with E-state index in [1.807, 2.05) is 13.0 Å². The van der Waals surface area contributed by atoms with Gasteiger partial charge in [-0.2, -0.15) is 5.26 Å². The zero-order chi connectivity index (χ0) is 14.6. The molecule has 0 radical (unpaired) electrons. The summed E-state index contributed by atoms with van der Waals surface area (Å²) in [6, 6.07) is 8.04. The highest BCUT2D eigenvalue weighted by atomic mass is 32.2. The number of hydrogen-bond acceptors (Lipinski definition) is 4. The van der Waals surface area contributed by atoms with E-state index in [0.717, 1.165) is 25.9 Å². The van der Waals surface area contributed by atoms with E-state index in [0.29, 0.717) is 0 Å². The molecule has 1 aliphatic rings. The monoisotopic (exact) mass is 293 g/mol. The Labute approximate surface area is 120 Å². The number of sulfonamides is 1. The SMILES string of the molecule is CC(NS(=O)(=O)c1ccccc1C#N)C1CCCNC1. The number of rotatable bonds is 4. The van der Waals surface area contributed by atoms with Crippen molar-refractivity contribution in [3.05, 3.63) is 29.8 Å². The molecule has 2 atom stereocenters. The van der Waals surface area contributed by atoms with Crippen LogP contribution >= 0.6 is 0 Å². The molecule has 6 heteroatoms. The first-order valence-electron chi connectivity index (χ1n) is 6.77. The van der Waals surface area contributed by atoms with Gasteiger partial charge < -0.3 is 5.32 Å². The molecule has 0 amide bonds. The highest BCUT2D eigenvalue weighted by Gasteiger charge is 2.26. The summed E-state index contributed by atoms with van der Waals surface area (Å²) in [6.45, 7) is 3.70. The second-order valence-electron chi connectivity index (χ2n) is 5.12. The fourth-order valence-corrected chi connectivity index (χ4v) is 3.97. The fourth-order valence-electron chi connectivity index (χ4n) is 2.50. The van der Waals surface area contributed by atoms with Gasteiger partial charge in [0.2, 0.25) is 10.0 Å². The summed E-state index contributed by atoms with van der Waals surface area (Å²) in [6.07, 6.45) is 2.07. The van der Waals surface area contributed by atoms with Crippen LogP contribution in [0.25, 0.3) is 0 Å². The topological polar surface area (TPSA) is 82.0 Å². The Morgan fingerprint density at radius 3 is 2.85 bits per heavy atom. The Hall–Kier alpha value is -1.42. The summed E-state index contributed by atoms with van der Waals surface area (Å²) < 4.78 is 27.5. The Kier molecular flexibility index (Phi) is 4.76. The lowest BCUT2D eigenvalue weighted by Crippen LogP contribution is -2.44. The van der Waals surface area contributed by atoms with Crippen LogP contribution in [-0.2, 0) is 10.0 Å². The average molecular weight is 293 g/mol. The number of nitrogens with one attached hydrogen (secondary N) is 2. The van der Waals surface area contributed by atoms with E-state index in [-0.39, 0.29) is 22.4 Å². The molecule has 2 N–H and O–H groups in total. The van der Waals surface area contributed by atoms with Crippen LogP contribution in [0.2, 0.25) is 0 Å². The second kappa shape index (κ2) is 6.35. The van der Waals surface area contributed by atoms with Gasteiger partial charge in [0.25, 0.3) is 0 Å². The van der Waals surface area contributed by atoms with Gasteiger partial charge in [-0.3, -0.25) is 0 Å². The van der Waals surface area contributed by atoms with Gasteiger partial charge in [0.15, 0.2) is 0 Å². The number of piperidine rings is 1. The maximum Gasteiger partial charge on any atom is 0.242 e. The van der Waals surface area contributed by atoms with Crippen LogP contribution in [0.5, 0.6) is 0 Å². The third kappa shape index (κ3) is 3.37. The fraction of sp³-hybridized carbons (Fsp3) is 0.500. The predicted molar refractivity (Wildman–Crippen MR) is 76.5 cm³/mol. The van der Waals surface area contributed by atoms with Crippen LogP contribution in [0.3, 0.4) is 0 Å². The molecule has 5 nitrogen and oxygen atoms in total. The van der Waals surface area contributed by atoms with Crippen LogP contribution in [0.1, 0.15) is 25.3 Å². The Bertz CT molecular complexity index is 601. The van der Waals surface area contributed by atoms with Crippen LogP contribution in [0.15, 0.2) is 29.2 Å². The second-order valence-corrected chi connectivity index (χ2v) is 6.81. The lowest BCUT2D eigenvalue weighted by atomic mass is 9.94. The Balaban J connectivity index is 2.16. The van der Waals surface area contributed by atoms with E-state index in [9.17, 15) is 8.42 Å². The molecule has 1 aromatic carbocycles. The molecule has 2 unspecified atom stereocenters. The van der Waals surface area contributed by atoms with Gasteiger partial charge in [-0.1, -0.05) is 12.1 Å². The van der Waals surface area contributed by atoms with Gasteiger partial charge in [-0.05, 0) is 50.9 Å². The van der Waals surface area contributed by atoms with Crippen molar-refractivity contribution < 1.29 is 8.42 Å². The normalized spacial score (nSPS) is 21.1. The van der Waals surface area contributed by atoms with Gasteiger partial charge in [0.1, 0.15) is 6.07 Å². The van der Waals surface area contributed by atoms with Gasteiger partial charge in [-0.15, -0.1) is 0 Å². The summed E-state index contributed by atoms with van der Waals surface area (Å²) in [5.41, 5.74) is 0.175. The lowest BCUT2D eigenvalue weighted by molar-refractivity contribution is 0.320. The molecule has 0 saturated carbocycles. The zero-order valence-corrected chi connectivity index (χ0v) is 12.3. The Morgan fingerprint density at radius 1 is 1.45 bits per heavy atom. The summed E-state index contributed by atoms with van der Waals surface area (Å²) in [4.78, 5) is 0.0538. The Morgan fingerprint density at radius 2 is 2.20 bits per heavy atom. The average Bonchev–Trinajstić information content (AvgIpc) is 2.47. The van der Waals surface area contributed by atoms with Crippen LogP contribution in [-0.4, -0.2) is 27.5 Å². The van der Waals surface area contributed by atoms with Crippen molar-refractivity contribution in [3.8, 4) is 6.07 Å². The number of nitriles is 1. The van der Waals surface area contributed by atoms with Crippen LogP contribution < -0.4 is 10.0 Å². The van der Waals surface area contributed by atoms with Gasteiger partial charge in [0, 0.05) is 6.04 Å². The molecule has 0 spiro atoms. The van der Waals surface area contributed by atoms with Gasteiger partial charge >= 0.3 is 0 Å². The molecule has 20 heavy (non-hydrogen) atoms. The predicted octanol–water partition coefficient (Wildman–Crippen LogP) is 1.22. The van der Waals surface area contributed by atoms with E-state index in [4.69, 9.17) is 5.26 Å². The maximum atomic E-state index is 12.4. The molecule has 1 saturated heterocycles. The number of nitrogens with zero attached hydrogens (tertiary/aromatic N) is 1. The third-order valence-electron chi connectivity index (χ3n) is 3.68. The van der Waals surface area contributed by atoms with Gasteiger partial charge in [-0.25, -0.2) is 13.1 Å². The minimum Gasteiger partial charge on any atom is -0.316 e. The van der Waals surface area contributed by atoms with Crippen molar-refractivity contribution in [2.75, 3.05) is 13.1 Å². The van der Waals surface area contributed by atoms with Crippen molar-refractivity contribution in [1.82, 2.24) is 10.0 Å². The molecule has 1 fully saturated rings. The van der Waals surface area contributed by atoms with E-state index >= 15 is 0 Å². The maximum absolute atomic E-state index is 12.4. The van der Waals surface area contributed by atoms with Crippen LogP contribution in [0.4, 0.5) is 0 Å².